The van der Waals surface area contributed by atoms with Crippen LogP contribution in [0, 0.1) is 0 Å². The highest BCUT2D eigenvalue weighted by Crippen LogP contribution is 2.30. The predicted molar refractivity (Wildman–Crippen MR) is 66.4 cm³/mol. The summed E-state index contributed by atoms with van der Waals surface area (Å²) in [5.74, 6) is 1.83. The topological polar surface area (TPSA) is 18.5 Å². The summed E-state index contributed by atoms with van der Waals surface area (Å²) < 4.78 is 10.6. The van der Waals surface area contributed by atoms with Crippen molar-refractivity contribution in [2.24, 2.45) is 0 Å². The van der Waals surface area contributed by atoms with Crippen molar-refractivity contribution < 1.29 is 9.47 Å². The molecule has 0 N–H and O–H groups in total. The Morgan fingerprint density at radius 2 is 1.75 bits per heavy atom. The summed E-state index contributed by atoms with van der Waals surface area (Å²) in [5, 5.41) is 2.43. The lowest BCUT2D eigenvalue weighted by Gasteiger charge is -2.11. The molecule has 0 saturated heterocycles. The van der Waals surface area contributed by atoms with Gasteiger partial charge in [-0.25, -0.2) is 0 Å². The van der Waals surface area contributed by atoms with Crippen molar-refractivity contribution in [1.82, 2.24) is 0 Å². The summed E-state index contributed by atoms with van der Waals surface area (Å²) in [7, 11) is 3.40. The summed E-state index contributed by atoms with van der Waals surface area (Å²) in [6.07, 6.45) is 0.952. The Balaban J connectivity index is 2.73. The molecule has 0 fully saturated rings. The number of benzene rings is 2. The number of hydrogen-bond donors (Lipinski definition) is 0. The highest BCUT2D eigenvalue weighted by molar-refractivity contribution is 5.89. The quantitative estimate of drug-likeness (QED) is 0.782. The second kappa shape index (κ2) is 4.44. The van der Waals surface area contributed by atoms with Gasteiger partial charge in [-0.1, -0.05) is 19.1 Å². The Hall–Kier alpha value is -1.70. The fourth-order valence-electron chi connectivity index (χ4n) is 2.02. The van der Waals surface area contributed by atoms with Crippen molar-refractivity contribution in [3.8, 4) is 11.5 Å². The van der Waals surface area contributed by atoms with Gasteiger partial charge in [-0.3, -0.25) is 0 Å². The molecule has 2 nitrogen and oxygen atoms in total. The van der Waals surface area contributed by atoms with Gasteiger partial charge in [0.15, 0.2) is 0 Å². The van der Waals surface area contributed by atoms with Crippen molar-refractivity contribution in [2.45, 2.75) is 13.3 Å². The predicted octanol–water partition coefficient (Wildman–Crippen LogP) is 3.42. The molecule has 2 heteroatoms. The number of hydrogen-bond acceptors (Lipinski definition) is 2. The molecule has 0 radical (unpaired) electrons. The van der Waals surface area contributed by atoms with Crippen LogP contribution in [0.25, 0.3) is 10.8 Å². The molecule has 0 aliphatic carbocycles. The van der Waals surface area contributed by atoms with Crippen molar-refractivity contribution in [2.75, 3.05) is 14.2 Å². The maximum atomic E-state index is 5.38. The van der Waals surface area contributed by atoms with E-state index < -0.39 is 0 Å². The Kier molecular flexibility index (Phi) is 3.00. The highest BCUT2D eigenvalue weighted by atomic mass is 16.5. The van der Waals surface area contributed by atoms with Crippen molar-refractivity contribution >= 4 is 10.8 Å². The van der Waals surface area contributed by atoms with E-state index in [-0.39, 0.29) is 0 Å². The van der Waals surface area contributed by atoms with E-state index in [0.29, 0.717) is 0 Å². The lowest BCUT2D eigenvalue weighted by atomic mass is 10.0. The maximum absolute atomic E-state index is 5.38. The summed E-state index contributed by atoms with van der Waals surface area (Å²) in [4.78, 5) is 0. The van der Waals surface area contributed by atoms with E-state index in [4.69, 9.17) is 9.47 Å². The van der Waals surface area contributed by atoms with Crippen LogP contribution in [0.15, 0.2) is 30.3 Å². The van der Waals surface area contributed by atoms with Gasteiger partial charge in [-0.15, -0.1) is 0 Å². The molecule has 0 spiro atoms. The van der Waals surface area contributed by atoms with Gasteiger partial charge in [-0.05, 0) is 35.4 Å². The first-order valence-corrected chi connectivity index (χ1v) is 5.43. The first-order chi connectivity index (χ1) is 7.80. The first kappa shape index (κ1) is 10.8. The molecule has 2 aromatic rings. The molecule has 0 aliphatic heterocycles. The fraction of sp³-hybridized carbons (Fsp3) is 0.286. The van der Waals surface area contributed by atoms with E-state index in [0.717, 1.165) is 17.9 Å². The molecule has 84 valence electrons. The van der Waals surface area contributed by atoms with E-state index >= 15 is 0 Å². The van der Waals surface area contributed by atoms with Crippen LogP contribution in [0.2, 0.25) is 0 Å². The molecule has 0 saturated carbocycles. The Bertz CT molecular complexity index is 498. The molecule has 2 rings (SSSR count). The van der Waals surface area contributed by atoms with E-state index in [1.54, 1.807) is 14.2 Å². The van der Waals surface area contributed by atoms with Gasteiger partial charge in [-0.2, -0.15) is 0 Å². The molecule has 0 unspecified atom stereocenters. The Labute approximate surface area is 95.8 Å². The molecule has 2 aromatic carbocycles. The number of fused-ring (bicyclic) bond motifs is 1. The van der Waals surface area contributed by atoms with Gasteiger partial charge in [0.25, 0.3) is 0 Å². The second-order valence-corrected chi connectivity index (χ2v) is 3.69. The summed E-state index contributed by atoms with van der Waals surface area (Å²) in [6.45, 7) is 2.14. The zero-order valence-corrected chi connectivity index (χ0v) is 9.91. The average molecular weight is 216 g/mol. The number of rotatable bonds is 3. The summed E-state index contributed by atoms with van der Waals surface area (Å²) in [6, 6.07) is 10.2. The molecular formula is C14H16O2. The molecule has 0 amide bonds. The smallest absolute Gasteiger partial charge is 0.122 e. The number of methoxy groups -OCH3 is 2. The van der Waals surface area contributed by atoms with Gasteiger partial charge in [0, 0.05) is 5.56 Å². The number of ether oxygens (including phenoxy) is 2. The zero-order chi connectivity index (χ0) is 11.5. The van der Waals surface area contributed by atoms with Gasteiger partial charge in [0.05, 0.1) is 14.2 Å². The number of aryl methyl sites for hydroxylation is 1. The Morgan fingerprint density at radius 3 is 2.38 bits per heavy atom. The van der Waals surface area contributed by atoms with Gasteiger partial charge in [0.1, 0.15) is 11.5 Å². The standard InChI is InChI=1S/C14H16O2/c1-4-12-13-9-11(15-2)7-5-10(13)6-8-14(12)16-3/h5-9H,4H2,1-3H3. The first-order valence-electron chi connectivity index (χ1n) is 5.43. The van der Waals surface area contributed by atoms with Gasteiger partial charge in [0.2, 0.25) is 0 Å². The minimum absolute atomic E-state index is 0.885. The van der Waals surface area contributed by atoms with Gasteiger partial charge >= 0.3 is 0 Å². The zero-order valence-electron chi connectivity index (χ0n) is 9.91. The van der Waals surface area contributed by atoms with Crippen molar-refractivity contribution in [1.29, 1.82) is 0 Å². The lowest BCUT2D eigenvalue weighted by Crippen LogP contribution is -1.92. The third-order valence-electron chi connectivity index (χ3n) is 2.87. The third-order valence-corrected chi connectivity index (χ3v) is 2.87. The van der Waals surface area contributed by atoms with Crippen LogP contribution in [0.5, 0.6) is 11.5 Å². The Morgan fingerprint density at radius 1 is 1.00 bits per heavy atom. The van der Waals surface area contributed by atoms with Crippen LogP contribution in [0.3, 0.4) is 0 Å². The second-order valence-electron chi connectivity index (χ2n) is 3.69. The molecular weight excluding hydrogens is 200 g/mol. The van der Waals surface area contributed by atoms with Crippen LogP contribution in [-0.4, -0.2) is 14.2 Å². The average Bonchev–Trinajstić information content (AvgIpc) is 2.36. The molecule has 0 aliphatic rings. The normalized spacial score (nSPS) is 10.4. The van der Waals surface area contributed by atoms with E-state index in [1.807, 2.05) is 12.1 Å². The van der Waals surface area contributed by atoms with Crippen LogP contribution in [0.4, 0.5) is 0 Å². The fourth-order valence-corrected chi connectivity index (χ4v) is 2.02. The van der Waals surface area contributed by atoms with Crippen LogP contribution >= 0.6 is 0 Å². The lowest BCUT2D eigenvalue weighted by molar-refractivity contribution is 0.410. The molecule has 0 bridgehead atoms. The van der Waals surface area contributed by atoms with Crippen molar-refractivity contribution in [3.05, 3.63) is 35.9 Å². The highest BCUT2D eigenvalue weighted by Gasteiger charge is 2.07. The molecule has 0 heterocycles. The summed E-state index contributed by atoms with van der Waals surface area (Å²) in [5.41, 5.74) is 1.24. The van der Waals surface area contributed by atoms with Crippen LogP contribution in [0.1, 0.15) is 12.5 Å². The monoisotopic (exact) mass is 216 g/mol. The summed E-state index contributed by atoms with van der Waals surface area (Å²) >= 11 is 0. The minimum atomic E-state index is 0.885. The third kappa shape index (κ3) is 1.71. The molecule has 0 atom stereocenters. The molecule has 16 heavy (non-hydrogen) atoms. The maximum Gasteiger partial charge on any atom is 0.122 e. The van der Waals surface area contributed by atoms with Crippen LogP contribution in [-0.2, 0) is 6.42 Å². The minimum Gasteiger partial charge on any atom is -0.497 e. The van der Waals surface area contributed by atoms with Crippen LogP contribution < -0.4 is 9.47 Å². The molecule has 0 aromatic heterocycles. The SMILES string of the molecule is CCc1c(OC)ccc2ccc(OC)cc12. The van der Waals surface area contributed by atoms with Gasteiger partial charge < -0.3 is 9.47 Å². The van der Waals surface area contributed by atoms with E-state index in [9.17, 15) is 0 Å². The largest absolute Gasteiger partial charge is 0.497 e. The van der Waals surface area contributed by atoms with E-state index in [1.165, 1.54) is 16.3 Å². The van der Waals surface area contributed by atoms with Crippen molar-refractivity contribution in [3.63, 3.8) is 0 Å². The van der Waals surface area contributed by atoms with E-state index in [2.05, 4.69) is 25.1 Å².